The molecule has 20 heavy (non-hydrogen) atoms. The first-order valence-corrected chi connectivity index (χ1v) is 7.12. The van der Waals surface area contributed by atoms with Crippen molar-refractivity contribution in [1.29, 1.82) is 0 Å². The molecule has 2 atom stereocenters. The maximum Gasteiger partial charge on any atom is 0.317 e. The fraction of sp³-hybridized carbons (Fsp3) is 0.714. The molecule has 0 aromatic carbocycles. The summed E-state index contributed by atoms with van der Waals surface area (Å²) < 4.78 is 5.13. The monoisotopic (exact) mass is 281 g/mol. The van der Waals surface area contributed by atoms with Gasteiger partial charge in [-0.2, -0.15) is 0 Å². The van der Waals surface area contributed by atoms with Crippen LogP contribution in [-0.2, 0) is 6.42 Å². The van der Waals surface area contributed by atoms with Gasteiger partial charge in [-0.1, -0.05) is 5.16 Å². The van der Waals surface area contributed by atoms with Crippen LogP contribution in [0.4, 0.5) is 4.79 Å². The highest BCUT2D eigenvalue weighted by Crippen LogP contribution is 2.15. The standard InChI is InChI=1S/C14H23N3O3/c1-9(7-13-10(2)16-20-11(13)3)15-14(19)17-6-4-5-12(18)8-17/h9,12,18H,4-8H2,1-3H3,(H,15,19). The molecule has 1 fully saturated rings. The Morgan fingerprint density at radius 3 is 2.95 bits per heavy atom. The van der Waals surface area contributed by atoms with Crippen LogP contribution in [0.15, 0.2) is 4.52 Å². The summed E-state index contributed by atoms with van der Waals surface area (Å²) in [5.41, 5.74) is 1.92. The number of carbonyl (C=O) groups excluding carboxylic acids is 1. The van der Waals surface area contributed by atoms with E-state index in [0.29, 0.717) is 19.5 Å². The van der Waals surface area contributed by atoms with Crippen LogP contribution < -0.4 is 5.32 Å². The Labute approximate surface area is 119 Å². The molecule has 1 aromatic heterocycles. The first-order valence-electron chi connectivity index (χ1n) is 7.12. The Hall–Kier alpha value is -1.56. The third-order valence-corrected chi connectivity index (χ3v) is 3.75. The van der Waals surface area contributed by atoms with Crippen LogP contribution in [-0.4, -0.2) is 46.4 Å². The van der Waals surface area contributed by atoms with Gasteiger partial charge in [0.15, 0.2) is 0 Å². The summed E-state index contributed by atoms with van der Waals surface area (Å²) >= 11 is 0. The first kappa shape index (κ1) is 14.8. The molecule has 6 nitrogen and oxygen atoms in total. The third-order valence-electron chi connectivity index (χ3n) is 3.75. The zero-order valence-corrected chi connectivity index (χ0v) is 12.3. The summed E-state index contributed by atoms with van der Waals surface area (Å²) in [7, 11) is 0. The Kier molecular flexibility index (Phi) is 4.65. The predicted octanol–water partition coefficient (Wildman–Crippen LogP) is 1.39. The average Bonchev–Trinajstić information content (AvgIpc) is 2.70. The minimum atomic E-state index is -0.396. The highest BCUT2D eigenvalue weighted by atomic mass is 16.5. The number of piperidine rings is 1. The smallest absolute Gasteiger partial charge is 0.317 e. The topological polar surface area (TPSA) is 78.6 Å². The Morgan fingerprint density at radius 1 is 1.60 bits per heavy atom. The van der Waals surface area contributed by atoms with Crippen molar-refractivity contribution in [3.05, 3.63) is 17.0 Å². The van der Waals surface area contributed by atoms with Gasteiger partial charge in [-0.3, -0.25) is 0 Å². The van der Waals surface area contributed by atoms with Crippen LogP contribution in [0.5, 0.6) is 0 Å². The number of urea groups is 1. The summed E-state index contributed by atoms with van der Waals surface area (Å²) in [4.78, 5) is 13.8. The van der Waals surface area contributed by atoms with Gasteiger partial charge in [0.25, 0.3) is 0 Å². The fourth-order valence-corrected chi connectivity index (χ4v) is 2.59. The van der Waals surface area contributed by atoms with Crippen molar-refractivity contribution in [2.45, 2.75) is 52.2 Å². The number of rotatable bonds is 3. The van der Waals surface area contributed by atoms with Crippen LogP contribution in [0.25, 0.3) is 0 Å². The quantitative estimate of drug-likeness (QED) is 0.877. The molecule has 1 aliphatic rings. The van der Waals surface area contributed by atoms with E-state index >= 15 is 0 Å². The maximum atomic E-state index is 12.1. The van der Waals surface area contributed by atoms with E-state index in [1.807, 2.05) is 20.8 Å². The predicted molar refractivity (Wildman–Crippen MR) is 74.5 cm³/mol. The molecule has 0 saturated carbocycles. The second-order valence-corrected chi connectivity index (χ2v) is 5.60. The Morgan fingerprint density at radius 2 is 2.35 bits per heavy atom. The fourth-order valence-electron chi connectivity index (χ4n) is 2.59. The Balaban J connectivity index is 1.88. The maximum absolute atomic E-state index is 12.1. The van der Waals surface area contributed by atoms with E-state index in [2.05, 4.69) is 10.5 Å². The number of nitrogens with one attached hydrogen (secondary N) is 1. The highest BCUT2D eigenvalue weighted by molar-refractivity contribution is 5.74. The molecule has 0 spiro atoms. The average molecular weight is 281 g/mol. The summed E-state index contributed by atoms with van der Waals surface area (Å²) in [6, 6.07) is -0.110. The number of hydrogen-bond acceptors (Lipinski definition) is 4. The van der Waals surface area contributed by atoms with E-state index in [1.165, 1.54) is 0 Å². The lowest BCUT2D eigenvalue weighted by atomic mass is 10.1. The number of β-amino-alcohol motifs (C(OH)–C–C–N with tert-alkyl or cyclic N) is 1. The van der Waals surface area contributed by atoms with Gasteiger partial charge in [0.05, 0.1) is 11.8 Å². The Bertz CT molecular complexity index is 453. The molecule has 2 N–H and O–H groups in total. The van der Waals surface area contributed by atoms with Crippen molar-refractivity contribution in [2.75, 3.05) is 13.1 Å². The molecule has 0 radical (unpaired) electrons. The lowest BCUT2D eigenvalue weighted by molar-refractivity contribution is 0.0835. The van der Waals surface area contributed by atoms with Gasteiger partial charge in [0.1, 0.15) is 5.76 Å². The van der Waals surface area contributed by atoms with Crippen LogP contribution in [0, 0.1) is 13.8 Å². The molecular weight excluding hydrogens is 258 g/mol. The van der Waals surface area contributed by atoms with E-state index < -0.39 is 6.10 Å². The molecule has 0 bridgehead atoms. The van der Waals surface area contributed by atoms with Crippen LogP contribution in [0.1, 0.15) is 36.8 Å². The van der Waals surface area contributed by atoms with Crippen molar-refractivity contribution in [1.82, 2.24) is 15.4 Å². The number of nitrogens with zero attached hydrogens (tertiary/aromatic N) is 2. The van der Waals surface area contributed by atoms with Gasteiger partial charge in [0.2, 0.25) is 0 Å². The minimum Gasteiger partial charge on any atom is -0.391 e. The largest absolute Gasteiger partial charge is 0.391 e. The summed E-state index contributed by atoms with van der Waals surface area (Å²) in [6.07, 6.45) is 1.93. The lowest BCUT2D eigenvalue weighted by Crippen LogP contribution is -2.49. The van der Waals surface area contributed by atoms with Gasteiger partial charge in [-0.05, 0) is 40.0 Å². The van der Waals surface area contributed by atoms with Gasteiger partial charge >= 0.3 is 6.03 Å². The van der Waals surface area contributed by atoms with E-state index in [1.54, 1.807) is 4.90 Å². The second-order valence-electron chi connectivity index (χ2n) is 5.60. The number of aliphatic hydroxyl groups excluding tert-OH is 1. The summed E-state index contributed by atoms with van der Waals surface area (Å²) in [5, 5.41) is 16.5. The molecule has 1 saturated heterocycles. The van der Waals surface area contributed by atoms with E-state index in [-0.39, 0.29) is 12.1 Å². The van der Waals surface area contributed by atoms with Crippen LogP contribution in [0.2, 0.25) is 0 Å². The number of carbonyl (C=O) groups is 1. The van der Waals surface area contributed by atoms with Crippen molar-refractivity contribution in [2.24, 2.45) is 0 Å². The molecule has 2 unspecified atom stereocenters. The SMILES string of the molecule is Cc1noc(C)c1CC(C)NC(=O)N1CCCC(O)C1. The van der Waals surface area contributed by atoms with Crippen LogP contribution in [0.3, 0.4) is 0 Å². The minimum absolute atomic E-state index is 0.00151. The van der Waals surface area contributed by atoms with Crippen LogP contribution >= 0.6 is 0 Å². The van der Waals surface area contributed by atoms with Gasteiger partial charge in [-0.25, -0.2) is 4.79 Å². The second kappa shape index (κ2) is 6.26. The lowest BCUT2D eigenvalue weighted by Gasteiger charge is -2.31. The molecule has 0 aliphatic carbocycles. The number of amides is 2. The number of aliphatic hydroxyl groups is 1. The third kappa shape index (κ3) is 3.50. The van der Waals surface area contributed by atoms with E-state index in [9.17, 15) is 9.90 Å². The van der Waals surface area contributed by atoms with Crippen molar-refractivity contribution < 1.29 is 14.4 Å². The van der Waals surface area contributed by atoms with Gasteiger partial charge < -0.3 is 19.8 Å². The zero-order chi connectivity index (χ0) is 14.7. The number of likely N-dealkylation sites (tertiary alicyclic amines) is 1. The van der Waals surface area contributed by atoms with E-state index in [4.69, 9.17) is 4.52 Å². The zero-order valence-electron chi connectivity index (χ0n) is 12.3. The van der Waals surface area contributed by atoms with Crippen molar-refractivity contribution in [3.63, 3.8) is 0 Å². The summed E-state index contributed by atoms with van der Waals surface area (Å²) in [6.45, 7) is 6.88. The number of aryl methyl sites for hydroxylation is 2. The van der Waals surface area contributed by atoms with Gasteiger partial charge in [0, 0.05) is 24.7 Å². The van der Waals surface area contributed by atoms with Gasteiger partial charge in [-0.15, -0.1) is 0 Å². The molecular formula is C14H23N3O3. The molecule has 112 valence electrons. The molecule has 1 aromatic rings. The van der Waals surface area contributed by atoms with E-state index in [0.717, 1.165) is 29.9 Å². The molecule has 2 heterocycles. The molecule has 2 rings (SSSR count). The van der Waals surface area contributed by atoms with Crippen molar-refractivity contribution >= 4 is 6.03 Å². The van der Waals surface area contributed by atoms with Crippen molar-refractivity contribution in [3.8, 4) is 0 Å². The molecule has 1 aliphatic heterocycles. The molecule has 2 amide bonds. The number of aromatic nitrogens is 1. The first-order chi connectivity index (χ1) is 9.47. The normalized spacial score (nSPS) is 20.8. The molecule has 6 heteroatoms. The highest BCUT2D eigenvalue weighted by Gasteiger charge is 2.23. The number of hydrogen-bond donors (Lipinski definition) is 2. The summed E-state index contributed by atoms with van der Waals surface area (Å²) in [5.74, 6) is 0.803.